The van der Waals surface area contributed by atoms with Crippen LogP contribution >= 0.6 is 0 Å². The lowest BCUT2D eigenvalue weighted by molar-refractivity contribution is -0.143. The zero-order valence-corrected chi connectivity index (χ0v) is 11.0. The summed E-state index contributed by atoms with van der Waals surface area (Å²) < 4.78 is 4.95. The van der Waals surface area contributed by atoms with Crippen LogP contribution in [0.5, 0.6) is 0 Å². The summed E-state index contributed by atoms with van der Waals surface area (Å²) in [6, 6.07) is 0. The monoisotopic (exact) mass is 226 g/mol. The van der Waals surface area contributed by atoms with Crippen molar-refractivity contribution in [3.05, 3.63) is 0 Å². The SMILES string of the molecule is CCOC(=O)CCC1CCC(C(C)C)CC1. The molecule has 2 heteroatoms. The number of ether oxygens (including phenoxy) is 1. The van der Waals surface area contributed by atoms with Crippen LogP contribution in [0.2, 0.25) is 0 Å². The molecule has 1 fully saturated rings. The minimum absolute atomic E-state index is 0.0199. The molecule has 0 N–H and O–H groups in total. The molecule has 0 heterocycles. The molecule has 0 unspecified atom stereocenters. The van der Waals surface area contributed by atoms with Gasteiger partial charge in [0, 0.05) is 6.42 Å². The number of carbonyl (C=O) groups excluding carboxylic acids is 1. The highest BCUT2D eigenvalue weighted by molar-refractivity contribution is 5.69. The maximum Gasteiger partial charge on any atom is 0.305 e. The molecule has 0 bridgehead atoms. The molecule has 94 valence electrons. The summed E-state index contributed by atoms with van der Waals surface area (Å²) in [5.74, 6) is 2.48. The van der Waals surface area contributed by atoms with Crippen molar-refractivity contribution in [2.75, 3.05) is 6.61 Å². The lowest BCUT2D eigenvalue weighted by Gasteiger charge is -2.30. The van der Waals surface area contributed by atoms with Gasteiger partial charge in [0.05, 0.1) is 6.61 Å². The normalized spacial score (nSPS) is 25.8. The summed E-state index contributed by atoms with van der Waals surface area (Å²) in [4.78, 5) is 11.2. The Labute approximate surface area is 99.8 Å². The van der Waals surface area contributed by atoms with E-state index in [0.29, 0.717) is 13.0 Å². The summed E-state index contributed by atoms with van der Waals surface area (Å²) in [5, 5.41) is 0. The van der Waals surface area contributed by atoms with E-state index in [1.807, 2.05) is 6.92 Å². The predicted octanol–water partition coefficient (Wildman–Crippen LogP) is 3.79. The molecule has 1 rings (SSSR count). The Kier molecular flexibility index (Phi) is 5.86. The van der Waals surface area contributed by atoms with Crippen LogP contribution in [0.1, 0.15) is 59.3 Å². The molecule has 16 heavy (non-hydrogen) atoms. The molecular weight excluding hydrogens is 200 g/mol. The van der Waals surface area contributed by atoms with Crippen LogP contribution in [0.4, 0.5) is 0 Å². The second-order valence-electron chi connectivity index (χ2n) is 5.37. The average molecular weight is 226 g/mol. The van der Waals surface area contributed by atoms with E-state index in [9.17, 15) is 4.79 Å². The van der Waals surface area contributed by atoms with Gasteiger partial charge in [-0.25, -0.2) is 0 Å². The second-order valence-corrected chi connectivity index (χ2v) is 5.37. The van der Waals surface area contributed by atoms with Gasteiger partial charge >= 0.3 is 5.97 Å². The van der Waals surface area contributed by atoms with Crippen LogP contribution in [0.15, 0.2) is 0 Å². The number of esters is 1. The van der Waals surface area contributed by atoms with Crippen molar-refractivity contribution in [1.82, 2.24) is 0 Å². The fourth-order valence-corrected chi connectivity index (χ4v) is 2.70. The third kappa shape index (κ3) is 4.54. The molecular formula is C14H26O2. The molecule has 0 spiro atoms. The van der Waals surface area contributed by atoms with E-state index in [1.165, 1.54) is 25.7 Å². The number of hydrogen-bond acceptors (Lipinski definition) is 2. The minimum atomic E-state index is -0.0199. The van der Waals surface area contributed by atoms with Crippen LogP contribution in [0.3, 0.4) is 0 Å². The van der Waals surface area contributed by atoms with E-state index in [-0.39, 0.29) is 5.97 Å². The number of hydrogen-bond donors (Lipinski definition) is 0. The molecule has 0 amide bonds. The first-order valence-electron chi connectivity index (χ1n) is 6.79. The number of rotatable bonds is 5. The maximum atomic E-state index is 11.2. The van der Waals surface area contributed by atoms with Crippen molar-refractivity contribution in [1.29, 1.82) is 0 Å². The van der Waals surface area contributed by atoms with E-state index in [1.54, 1.807) is 0 Å². The Morgan fingerprint density at radius 3 is 2.38 bits per heavy atom. The van der Waals surface area contributed by atoms with Gasteiger partial charge in [0.15, 0.2) is 0 Å². The summed E-state index contributed by atoms with van der Waals surface area (Å²) in [5.41, 5.74) is 0. The maximum absolute atomic E-state index is 11.2. The Morgan fingerprint density at radius 2 is 1.88 bits per heavy atom. The Bertz CT molecular complexity index is 203. The van der Waals surface area contributed by atoms with E-state index < -0.39 is 0 Å². The zero-order valence-electron chi connectivity index (χ0n) is 11.0. The van der Waals surface area contributed by atoms with Crippen LogP contribution in [-0.4, -0.2) is 12.6 Å². The van der Waals surface area contributed by atoms with Gasteiger partial charge in [-0.2, -0.15) is 0 Å². The van der Waals surface area contributed by atoms with Gasteiger partial charge in [0.1, 0.15) is 0 Å². The summed E-state index contributed by atoms with van der Waals surface area (Å²) in [7, 11) is 0. The fraction of sp³-hybridized carbons (Fsp3) is 0.929. The number of carbonyl (C=O) groups is 1. The highest BCUT2D eigenvalue weighted by Crippen LogP contribution is 2.35. The van der Waals surface area contributed by atoms with Gasteiger partial charge < -0.3 is 4.74 Å². The van der Waals surface area contributed by atoms with Crippen LogP contribution in [-0.2, 0) is 9.53 Å². The average Bonchev–Trinajstić information content (AvgIpc) is 2.27. The Hall–Kier alpha value is -0.530. The molecule has 0 radical (unpaired) electrons. The molecule has 0 saturated heterocycles. The van der Waals surface area contributed by atoms with Gasteiger partial charge in [-0.3, -0.25) is 4.79 Å². The van der Waals surface area contributed by atoms with Gasteiger partial charge in [0.25, 0.3) is 0 Å². The van der Waals surface area contributed by atoms with E-state index >= 15 is 0 Å². The first kappa shape index (κ1) is 13.5. The molecule has 1 saturated carbocycles. The van der Waals surface area contributed by atoms with Gasteiger partial charge in [-0.1, -0.05) is 26.7 Å². The Balaban J connectivity index is 2.15. The molecule has 1 aliphatic carbocycles. The molecule has 0 aromatic heterocycles. The minimum Gasteiger partial charge on any atom is -0.466 e. The van der Waals surface area contributed by atoms with Crippen LogP contribution < -0.4 is 0 Å². The fourth-order valence-electron chi connectivity index (χ4n) is 2.70. The highest BCUT2D eigenvalue weighted by Gasteiger charge is 2.23. The van der Waals surface area contributed by atoms with Crippen molar-refractivity contribution in [2.24, 2.45) is 17.8 Å². The molecule has 0 atom stereocenters. The lowest BCUT2D eigenvalue weighted by Crippen LogP contribution is -2.19. The molecule has 2 nitrogen and oxygen atoms in total. The first-order chi connectivity index (χ1) is 7.63. The van der Waals surface area contributed by atoms with Crippen molar-refractivity contribution in [3.63, 3.8) is 0 Å². The van der Waals surface area contributed by atoms with Crippen LogP contribution in [0, 0.1) is 17.8 Å². The van der Waals surface area contributed by atoms with Gasteiger partial charge in [-0.15, -0.1) is 0 Å². The topological polar surface area (TPSA) is 26.3 Å². The predicted molar refractivity (Wildman–Crippen MR) is 66.2 cm³/mol. The van der Waals surface area contributed by atoms with Crippen molar-refractivity contribution >= 4 is 5.97 Å². The zero-order chi connectivity index (χ0) is 12.0. The Morgan fingerprint density at radius 1 is 1.25 bits per heavy atom. The summed E-state index contributed by atoms with van der Waals surface area (Å²) >= 11 is 0. The van der Waals surface area contributed by atoms with E-state index in [0.717, 1.165) is 24.2 Å². The third-order valence-corrected chi connectivity index (χ3v) is 3.90. The summed E-state index contributed by atoms with van der Waals surface area (Å²) in [6.07, 6.45) is 6.97. The molecule has 0 aromatic rings. The molecule has 0 aromatic carbocycles. The quantitative estimate of drug-likeness (QED) is 0.667. The van der Waals surface area contributed by atoms with Crippen molar-refractivity contribution in [3.8, 4) is 0 Å². The largest absolute Gasteiger partial charge is 0.466 e. The van der Waals surface area contributed by atoms with Crippen LogP contribution in [0.25, 0.3) is 0 Å². The lowest BCUT2D eigenvalue weighted by atomic mass is 9.76. The second kappa shape index (κ2) is 6.93. The third-order valence-electron chi connectivity index (χ3n) is 3.90. The van der Waals surface area contributed by atoms with E-state index in [2.05, 4.69) is 13.8 Å². The standard InChI is InChI=1S/C14H26O2/c1-4-16-14(15)10-7-12-5-8-13(9-6-12)11(2)3/h11-13H,4-10H2,1-3H3. The first-order valence-corrected chi connectivity index (χ1v) is 6.79. The van der Waals surface area contributed by atoms with Crippen molar-refractivity contribution < 1.29 is 9.53 Å². The van der Waals surface area contributed by atoms with E-state index in [4.69, 9.17) is 4.74 Å². The summed E-state index contributed by atoms with van der Waals surface area (Å²) in [6.45, 7) is 7.03. The smallest absolute Gasteiger partial charge is 0.305 e. The van der Waals surface area contributed by atoms with Gasteiger partial charge in [-0.05, 0) is 43.9 Å². The van der Waals surface area contributed by atoms with Gasteiger partial charge in [0.2, 0.25) is 0 Å². The molecule has 0 aliphatic heterocycles. The highest BCUT2D eigenvalue weighted by atomic mass is 16.5. The molecule has 1 aliphatic rings. The van der Waals surface area contributed by atoms with Crippen molar-refractivity contribution in [2.45, 2.75) is 59.3 Å².